The number of aromatic nitrogens is 2. The van der Waals surface area contributed by atoms with Crippen molar-refractivity contribution in [3.05, 3.63) is 42.5 Å². The Labute approximate surface area is 173 Å². The molecule has 1 amide bonds. The average molecular weight is 397 g/mol. The van der Waals surface area contributed by atoms with Crippen LogP contribution in [-0.2, 0) is 11.3 Å². The molecule has 1 fully saturated rings. The number of rotatable bonds is 8. The molecule has 1 saturated carbocycles. The van der Waals surface area contributed by atoms with Gasteiger partial charge in [-0.2, -0.15) is 0 Å². The van der Waals surface area contributed by atoms with E-state index in [-0.39, 0.29) is 11.8 Å². The van der Waals surface area contributed by atoms with Crippen LogP contribution in [0.5, 0.6) is 5.75 Å². The van der Waals surface area contributed by atoms with Gasteiger partial charge < -0.3 is 15.0 Å². The lowest BCUT2D eigenvalue weighted by molar-refractivity contribution is -0.126. The Morgan fingerprint density at radius 2 is 1.79 bits per heavy atom. The van der Waals surface area contributed by atoms with Gasteiger partial charge in [-0.25, -0.2) is 9.97 Å². The van der Waals surface area contributed by atoms with E-state index < -0.39 is 0 Å². The van der Waals surface area contributed by atoms with Crippen molar-refractivity contribution in [2.24, 2.45) is 5.92 Å². The van der Waals surface area contributed by atoms with Crippen LogP contribution in [0, 0.1) is 5.92 Å². The summed E-state index contributed by atoms with van der Waals surface area (Å²) in [6, 6.07) is 6.57. The first-order valence-corrected chi connectivity index (χ1v) is 10.6. The molecule has 156 valence electrons. The molecule has 1 N–H and O–H groups in total. The summed E-state index contributed by atoms with van der Waals surface area (Å²) in [5.41, 5.74) is 2.91. The average Bonchev–Trinajstić information content (AvgIpc) is 2.79. The maximum absolute atomic E-state index is 12.8. The van der Waals surface area contributed by atoms with E-state index in [0.29, 0.717) is 12.6 Å². The summed E-state index contributed by atoms with van der Waals surface area (Å²) in [5, 5.41) is 3.13. The van der Waals surface area contributed by atoms with Gasteiger partial charge in [-0.3, -0.25) is 4.79 Å². The quantitative estimate of drug-likeness (QED) is 0.737. The van der Waals surface area contributed by atoms with Crippen molar-refractivity contribution in [2.75, 3.05) is 20.2 Å². The maximum Gasteiger partial charge on any atom is 0.223 e. The summed E-state index contributed by atoms with van der Waals surface area (Å²) >= 11 is 0. The molecule has 1 aliphatic carbocycles. The fourth-order valence-corrected chi connectivity index (χ4v) is 4.31. The maximum atomic E-state index is 12.8. The molecule has 0 spiro atoms. The van der Waals surface area contributed by atoms with Crippen LogP contribution in [0.4, 0.5) is 0 Å². The highest BCUT2D eigenvalue weighted by Gasteiger charge is 2.28. The summed E-state index contributed by atoms with van der Waals surface area (Å²) in [6.45, 7) is 7.05. The van der Waals surface area contributed by atoms with Crippen LogP contribution in [0.2, 0.25) is 0 Å². The fraction of sp³-hybridized carbons (Fsp3) is 0.522. The topological polar surface area (TPSA) is 67.4 Å². The smallest absolute Gasteiger partial charge is 0.223 e. The summed E-state index contributed by atoms with van der Waals surface area (Å²) < 4.78 is 5.49. The zero-order valence-corrected chi connectivity index (χ0v) is 17.7. The molecule has 6 nitrogen and oxygen atoms in total. The van der Waals surface area contributed by atoms with Crippen LogP contribution in [0.1, 0.15) is 45.1 Å². The number of nitrogens with zero attached hydrogens (tertiary/aromatic N) is 3. The number of amides is 1. The van der Waals surface area contributed by atoms with Crippen molar-refractivity contribution in [3.8, 4) is 16.9 Å². The largest absolute Gasteiger partial charge is 0.496 e. The number of benzene rings is 1. The van der Waals surface area contributed by atoms with Gasteiger partial charge in [0.25, 0.3) is 0 Å². The molecule has 1 aromatic carbocycles. The second-order valence-corrected chi connectivity index (χ2v) is 7.60. The third-order valence-corrected chi connectivity index (χ3v) is 6.02. The highest BCUT2D eigenvalue weighted by atomic mass is 16.5. The molecular formula is C23H32N4O2. The predicted molar refractivity (Wildman–Crippen MR) is 115 cm³/mol. The van der Waals surface area contributed by atoms with Gasteiger partial charge in [0.1, 0.15) is 12.1 Å². The molecule has 1 aromatic heterocycles. The zero-order valence-electron chi connectivity index (χ0n) is 17.7. The number of carbonyl (C=O) groups is 1. The number of methoxy groups -OCH3 is 1. The van der Waals surface area contributed by atoms with Gasteiger partial charge in [-0.05, 0) is 56.5 Å². The first-order valence-electron chi connectivity index (χ1n) is 10.6. The lowest BCUT2D eigenvalue weighted by Crippen LogP contribution is -2.40. The third-order valence-electron chi connectivity index (χ3n) is 6.02. The Morgan fingerprint density at radius 3 is 2.41 bits per heavy atom. The van der Waals surface area contributed by atoms with Crippen molar-refractivity contribution < 1.29 is 9.53 Å². The van der Waals surface area contributed by atoms with Crippen LogP contribution >= 0.6 is 0 Å². The molecule has 0 saturated heterocycles. The molecule has 0 aliphatic heterocycles. The minimum absolute atomic E-state index is 0.110. The molecule has 0 unspecified atom stereocenters. The van der Waals surface area contributed by atoms with E-state index in [9.17, 15) is 4.79 Å². The van der Waals surface area contributed by atoms with Gasteiger partial charge in [0.15, 0.2) is 0 Å². The van der Waals surface area contributed by atoms with E-state index in [1.54, 1.807) is 19.5 Å². The summed E-state index contributed by atoms with van der Waals surface area (Å²) in [5.74, 6) is 1.04. The summed E-state index contributed by atoms with van der Waals surface area (Å²) in [4.78, 5) is 23.4. The van der Waals surface area contributed by atoms with Crippen LogP contribution < -0.4 is 10.1 Å². The van der Waals surface area contributed by atoms with E-state index in [1.165, 1.54) is 6.33 Å². The molecule has 6 heteroatoms. The van der Waals surface area contributed by atoms with Crippen molar-refractivity contribution >= 4 is 5.91 Å². The molecule has 0 bridgehead atoms. The molecule has 0 atom stereocenters. The Hall–Kier alpha value is -2.47. The van der Waals surface area contributed by atoms with E-state index in [1.807, 2.05) is 18.2 Å². The Balaban J connectivity index is 1.60. The number of hydrogen-bond donors (Lipinski definition) is 1. The van der Waals surface area contributed by atoms with Crippen molar-refractivity contribution in [1.29, 1.82) is 0 Å². The molecule has 1 heterocycles. The monoisotopic (exact) mass is 396 g/mol. The number of hydrogen-bond acceptors (Lipinski definition) is 5. The molecule has 0 radical (unpaired) electrons. The van der Waals surface area contributed by atoms with Crippen molar-refractivity contribution in [1.82, 2.24) is 20.2 Å². The van der Waals surface area contributed by atoms with Gasteiger partial charge in [0.05, 0.1) is 7.11 Å². The molecule has 1 aliphatic rings. The van der Waals surface area contributed by atoms with Crippen LogP contribution in [0.25, 0.3) is 11.1 Å². The lowest BCUT2D eigenvalue weighted by atomic mass is 9.84. The van der Waals surface area contributed by atoms with Gasteiger partial charge in [-0.1, -0.05) is 19.9 Å². The van der Waals surface area contributed by atoms with Crippen molar-refractivity contribution in [3.63, 3.8) is 0 Å². The second-order valence-electron chi connectivity index (χ2n) is 7.60. The van der Waals surface area contributed by atoms with E-state index in [4.69, 9.17) is 4.74 Å². The molecule has 29 heavy (non-hydrogen) atoms. The van der Waals surface area contributed by atoms with Crippen LogP contribution in [0.3, 0.4) is 0 Å². The normalized spacial score (nSPS) is 19.2. The van der Waals surface area contributed by atoms with Crippen LogP contribution in [-0.4, -0.2) is 47.0 Å². The fourth-order valence-electron chi connectivity index (χ4n) is 4.31. The third kappa shape index (κ3) is 5.32. The van der Waals surface area contributed by atoms with Gasteiger partial charge in [0, 0.05) is 42.0 Å². The highest BCUT2D eigenvalue weighted by Crippen LogP contribution is 2.29. The van der Waals surface area contributed by atoms with E-state index >= 15 is 0 Å². The van der Waals surface area contributed by atoms with Gasteiger partial charge in [-0.15, -0.1) is 0 Å². The first-order chi connectivity index (χ1) is 14.2. The summed E-state index contributed by atoms with van der Waals surface area (Å²) in [6.07, 6.45) is 9.22. The van der Waals surface area contributed by atoms with E-state index in [2.05, 4.69) is 34.0 Å². The van der Waals surface area contributed by atoms with Crippen molar-refractivity contribution in [2.45, 2.75) is 52.1 Å². The Bertz CT molecular complexity index is 785. The van der Waals surface area contributed by atoms with Crippen LogP contribution in [0.15, 0.2) is 36.9 Å². The first kappa shape index (κ1) is 21.2. The Morgan fingerprint density at radius 1 is 1.10 bits per heavy atom. The molecule has 2 aromatic rings. The summed E-state index contributed by atoms with van der Waals surface area (Å²) in [7, 11) is 1.65. The standard InChI is InChI=1S/C23H32N4O2/c1-4-27(5-2)21-9-6-17(7-10-21)23(28)26-15-19-12-18(8-11-22(19)29-3)20-13-24-16-25-14-20/h8,11-14,16-17,21H,4-7,9-10,15H2,1-3H3,(H,26,28). The molecular weight excluding hydrogens is 364 g/mol. The minimum Gasteiger partial charge on any atom is -0.496 e. The van der Waals surface area contributed by atoms with Gasteiger partial charge in [0.2, 0.25) is 5.91 Å². The van der Waals surface area contributed by atoms with Gasteiger partial charge >= 0.3 is 0 Å². The second kappa shape index (κ2) is 10.3. The number of carbonyl (C=O) groups excluding carboxylic acids is 1. The zero-order chi connectivity index (χ0) is 20.6. The Kier molecular flexibility index (Phi) is 7.58. The predicted octanol–water partition coefficient (Wildman–Crippen LogP) is 3.67. The minimum atomic E-state index is 0.110. The SMILES string of the molecule is CCN(CC)C1CCC(C(=O)NCc2cc(-c3cncnc3)ccc2OC)CC1. The number of ether oxygens (including phenoxy) is 1. The van der Waals surface area contributed by atoms with E-state index in [0.717, 1.165) is 61.2 Å². The highest BCUT2D eigenvalue weighted by molar-refractivity contribution is 5.79. The molecule has 3 rings (SSSR count). The number of nitrogens with one attached hydrogen (secondary N) is 1. The lowest BCUT2D eigenvalue weighted by Gasteiger charge is -2.35.